The number of nitrogens with zero attached hydrogens (tertiary/aromatic N) is 4. The Bertz CT molecular complexity index is 1390. The lowest BCUT2D eigenvalue weighted by Gasteiger charge is -2.28. The number of carbonyl (C=O) groups excluding carboxylic acids is 1. The van der Waals surface area contributed by atoms with E-state index in [1.54, 1.807) is 33.8 Å². The number of aryl methyl sites for hydroxylation is 1. The standard InChI is InChI=1S/C26H27N5O3/c1-30-15-19(13-28-30)18-10-8-17(9-11-18)14-31-16-21(24-20(26(31)34)5-4-12-27-24)25(33)29-22-6-2-3-7-23(22)32/h4-5,8-13,15-16,22-23,32H,2-3,6-7,14H2,1H3,(H,29,33)/t22-,23-/m0/s1. The van der Waals surface area contributed by atoms with Crippen LogP contribution in [0, 0.1) is 0 Å². The number of pyridine rings is 2. The Morgan fingerprint density at radius 1 is 1.12 bits per heavy atom. The fourth-order valence-corrected chi connectivity index (χ4v) is 4.60. The third-order valence-corrected chi connectivity index (χ3v) is 6.47. The molecule has 8 heteroatoms. The monoisotopic (exact) mass is 457 g/mol. The normalized spacial score (nSPS) is 18.2. The van der Waals surface area contributed by atoms with Crippen molar-refractivity contribution in [3.05, 3.63) is 82.7 Å². The van der Waals surface area contributed by atoms with E-state index in [-0.39, 0.29) is 17.5 Å². The minimum Gasteiger partial charge on any atom is -0.391 e. The molecule has 2 N–H and O–H groups in total. The number of fused-ring (bicyclic) bond motifs is 1. The summed E-state index contributed by atoms with van der Waals surface area (Å²) in [6, 6.07) is 11.0. The van der Waals surface area contributed by atoms with Gasteiger partial charge >= 0.3 is 0 Å². The molecule has 0 radical (unpaired) electrons. The Labute approximate surface area is 196 Å². The molecule has 1 fully saturated rings. The first-order chi connectivity index (χ1) is 16.5. The molecule has 174 valence electrons. The smallest absolute Gasteiger partial charge is 0.260 e. The zero-order valence-electron chi connectivity index (χ0n) is 19.0. The van der Waals surface area contributed by atoms with Gasteiger partial charge in [-0.15, -0.1) is 0 Å². The van der Waals surface area contributed by atoms with Crippen molar-refractivity contribution in [1.29, 1.82) is 0 Å². The predicted octanol–water partition coefficient (Wildman–Crippen LogP) is 2.88. The van der Waals surface area contributed by atoms with Crippen LogP contribution >= 0.6 is 0 Å². The van der Waals surface area contributed by atoms with E-state index in [2.05, 4.69) is 15.4 Å². The molecule has 0 bridgehead atoms. The highest BCUT2D eigenvalue weighted by Gasteiger charge is 2.26. The molecule has 5 rings (SSSR count). The van der Waals surface area contributed by atoms with Gasteiger partial charge in [-0.05, 0) is 36.1 Å². The molecule has 0 spiro atoms. The molecular formula is C26H27N5O3. The highest BCUT2D eigenvalue weighted by atomic mass is 16.3. The third-order valence-electron chi connectivity index (χ3n) is 6.47. The first kappa shape index (κ1) is 22.0. The molecule has 0 unspecified atom stereocenters. The average Bonchev–Trinajstić information content (AvgIpc) is 3.29. The number of amides is 1. The quantitative estimate of drug-likeness (QED) is 0.480. The number of aromatic nitrogens is 4. The van der Waals surface area contributed by atoms with Crippen molar-refractivity contribution in [2.24, 2.45) is 7.05 Å². The van der Waals surface area contributed by atoms with E-state index in [1.807, 2.05) is 43.7 Å². The summed E-state index contributed by atoms with van der Waals surface area (Å²) in [5.74, 6) is -0.324. The van der Waals surface area contributed by atoms with Gasteiger partial charge in [-0.3, -0.25) is 19.3 Å². The van der Waals surface area contributed by atoms with Gasteiger partial charge in [0.2, 0.25) is 0 Å². The Morgan fingerprint density at radius 2 is 1.91 bits per heavy atom. The highest BCUT2D eigenvalue weighted by molar-refractivity contribution is 6.05. The minimum absolute atomic E-state index is 0.200. The summed E-state index contributed by atoms with van der Waals surface area (Å²) in [5.41, 5.74) is 3.50. The van der Waals surface area contributed by atoms with Gasteiger partial charge in [0.1, 0.15) is 0 Å². The van der Waals surface area contributed by atoms with E-state index >= 15 is 0 Å². The Kier molecular flexibility index (Phi) is 5.98. The van der Waals surface area contributed by atoms with Crippen LogP contribution in [0.5, 0.6) is 0 Å². The summed E-state index contributed by atoms with van der Waals surface area (Å²) in [5, 5.41) is 17.9. The molecule has 1 aliphatic carbocycles. The van der Waals surface area contributed by atoms with Crippen LogP contribution in [0.2, 0.25) is 0 Å². The second-order valence-corrected chi connectivity index (χ2v) is 8.91. The van der Waals surface area contributed by atoms with E-state index in [0.29, 0.717) is 29.4 Å². The van der Waals surface area contributed by atoms with Gasteiger partial charge < -0.3 is 15.0 Å². The first-order valence-corrected chi connectivity index (χ1v) is 11.5. The maximum atomic E-state index is 13.2. The number of hydrogen-bond donors (Lipinski definition) is 2. The zero-order valence-corrected chi connectivity index (χ0v) is 19.0. The fourth-order valence-electron chi connectivity index (χ4n) is 4.60. The number of hydrogen-bond acceptors (Lipinski definition) is 5. The van der Waals surface area contributed by atoms with Gasteiger partial charge in [0, 0.05) is 31.2 Å². The van der Waals surface area contributed by atoms with Crippen LogP contribution in [-0.4, -0.2) is 42.5 Å². The molecule has 1 saturated carbocycles. The van der Waals surface area contributed by atoms with Gasteiger partial charge in [-0.25, -0.2) is 0 Å². The summed E-state index contributed by atoms with van der Waals surface area (Å²) in [4.78, 5) is 30.7. The Hall–Kier alpha value is -3.78. The Balaban J connectivity index is 1.46. The average molecular weight is 458 g/mol. The van der Waals surface area contributed by atoms with Crippen molar-refractivity contribution in [1.82, 2.24) is 24.6 Å². The van der Waals surface area contributed by atoms with E-state index in [0.717, 1.165) is 36.0 Å². The van der Waals surface area contributed by atoms with Crippen LogP contribution in [0.3, 0.4) is 0 Å². The minimum atomic E-state index is -0.554. The second kappa shape index (κ2) is 9.23. The lowest BCUT2D eigenvalue weighted by Crippen LogP contribution is -2.45. The molecule has 0 aliphatic heterocycles. The van der Waals surface area contributed by atoms with Gasteiger partial charge in [-0.1, -0.05) is 37.1 Å². The summed E-state index contributed by atoms with van der Waals surface area (Å²) < 4.78 is 3.31. The first-order valence-electron chi connectivity index (χ1n) is 11.5. The van der Waals surface area contributed by atoms with Crippen LogP contribution in [0.4, 0.5) is 0 Å². The number of aliphatic hydroxyl groups excluding tert-OH is 1. The number of nitrogens with one attached hydrogen (secondary N) is 1. The molecule has 4 aromatic rings. The lowest BCUT2D eigenvalue weighted by atomic mass is 9.92. The van der Waals surface area contributed by atoms with E-state index in [1.165, 1.54) is 0 Å². The molecule has 0 saturated heterocycles. The highest BCUT2D eigenvalue weighted by Crippen LogP contribution is 2.21. The SMILES string of the molecule is Cn1cc(-c2ccc(Cn3cc(C(=O)N[C@H]4CCCC[C@@H]4O)c4ncccc4c3=O)cc2)cn1. The maximum Gasteiger partial charge on any atom is 0.260 e. The number of rotatable bonds is 5. The van der Waals surface area contributed by atoms with Crippen molar-refractivity contribution in [3.63, 3.8) is 0 Å². The number of carbonyl (C=O) groups is 1. The largest absolute Gasteiger partial charge is 0.391 e. The van der Waals surface area contributed by atoms with E-state index < -0.39 is 6.10 Å². The molecular weight excluding hydrogens is 430 g/mol. The molecule has 2 atom stereocenters. The number of benzene rings is 1. The van der Waals surface area contributed by atoms with Crippen molar-refractivity contribution < 1.29 is 9.90 Å². The Morgan fingerprint density at radius 3 is 2.65 bits per heavy atom. The van der Waals surface area contributed by atoms with Crippen LogP contribution in [0.1, 0.15) is 41.6 Å². The molecule has 34 heavy (non-hydrogen) atoms. The molecule has 1 aromatic carbocycles. The van der Waals surface area contributed by atoms with Crippen LogP contribution in [0.25, 0.3) is 22.0 Å². The topological polar surface area (TPSA) is 102 Å². The second-order valence-electron chi connectivity index (χ2n) is 8.91. The van der Waals surface area contributed by atoms with E-state index in [4.69, 9.17) is 0 Å². The van der Waals surface area contributed by atoms with Crippen molar-refractivity contribution >= 4 is 16.8 Å². The number of aliphatic hydroxyl groups is 1. The summed E-state index contributed by atoms with van der Waals surface area (Å²) in [7, 11) is 1.88. The fraction of sp³-hybridized carbons (Fsp3) is 0.308. The predicted molar refractivity (Wildman–Crippen MR) is 129 cm³/mol. The molecule has 1 amide bonds. The molecule has 8 nitrogen and oxygen atoms in total. The van der Waals surface area contributed by atoms with Gasteiger partial charge in [0.15, 0.2) is 0 Å². The van der Waals surface area contributed by atoms with Gasteiger partial charge in [0.05, 0.1) is 41.4 Å². The lowest BCUT2D eigenvalue weighted by molar-refractivity contribution is 0.0718. The zero-order chi connectivity index (χ0) is 23.7. The third kappa shape index (κ3) is 4.36. The van der Waals surface area contributed by atoms with Gasteiger partial charge in [0.25, 0.3) is 11.5 Å². The van der Waals surface area contributed by atoms with Gasteiger partial charge in [-0.2, -0.15) is 5.10 Å². The summed E-state index contributed by atoms with van der Waals surface area (Å²) in [6.07, 6.45) is 9.71. The van der Waals surface area contributed by atoms with Crippen molar-refractivity contribution in [2.75, 3.05) is 0 Å². The maximum absolute atomic E-state index is 13.2. The summed E-state index contributed by atoms with van der Waals surface area (Å²) in [6.45, 7) is 0.323. The molecule has 1 aliphatic rings. The molecule has 3 heterocycles. The van der Waals surface area contributed by atoms with E-state index in [9.17, 15) is 14.7 Å². The van der Waals surface area contributed by atoms with Crippen LogP contribution < -0.4 is 10.9 Å². The van der Waals surface area contributed by atoms with Crippen LogP contribution in [-0.2, 0) is 13.6 Å². The summed E-state index contributed by atoms with van der Waals surface area (Å²) >= 11 is 0. The van der Waals surface area contributed by atoms with Crippen molar-refractivity contribution in [2.45, 2.75) is 44.4 Å². The molecule has 3 aromatic heterocycles. The van der Waals surface area contributed by atoms with Crippen molar-refractivity contribution in [3.8, 4) is 11.1 Å². The van der Waals surface area contributed by atoms with Crippen LogP contribution in [0.15, 0.2) is 66.0 Å².